The van der Waals surface area contributed by atoms with Crippen LogP contribution in [0.1, 0.15) is 19.3 Å². The van der Waals surface area contributed by atoms with Crippen molar-refractivity contribution in [3.63, 3.8) is 0 Å². The van der Waals surface area contributed by atoms with Crippen molar-refractivity contribution in [2.45, 2.75) is 19.3 Å². The van der Waals surface area contributed by atoms with Gasteiger partial charge in [-0.25, -0.2) is 0 Å². The molecule has 0 amide bonds. The van der Waals surface area contributed by atoms with Gasteiger partial charge in [0.2, 0.25) is 0 Å². The van der Waals surface area contributed by atoms with Crippen molar-refractivity contribution >= 4 is 5.71 Å². The Bertz CT molecular complexity index is 136. The topological polar surface area (TPSA) is 38.4 Å². The van der Waals surface area contributed by atoms with Gasteiger partial charge in [0.25, 0.3) is 0 Å². The molecule has 0 fully saturated rings. The largest absolute Gasteiger partial charge is 0.405 e. The maximum absolute atomic E-state index is 5.20. The molecule has 0 aromatic carbocycles. The maximum atomic E-state index is 5.20. The lowest BCUT2D eigenvalue weighted by molar-refractivity contribution is 0.740. The third-order valence-electron chi connectivity index (χ3n) is 1.44. The Hall–Kier alpha value is -0.790. The Balaban J connectivity index is 2.46. The Labute approximate surface area is 55.5 Å². The first-order chi connectivity index (χ1) is 4.43. The molecule has 1 aliphatic rings. The zero-order valence-corrected chi connectivity index (χ0v) is 5.51. The van der Waals surface area contributed by atoms with Crippen LogP contribution in [0.5, 0.6) is 0 Å². The molecule has 1 aliphatic heterocycles. The fourth-order valence-corrected chi connectivity index (χ4v) is 0.967. The SMILES string of the molecule is NC=CC1=NCCCC1. The molecule has 2 nitrogen and oxygen atoms in total. The van der Waals surface area contributed by atoms with E-state index < -0.39 is 0 Å². The third-order valence-corrected chi connectivity index (χ3v) is 1.44. The van der Waals surface area contributed by atoms with Gasteiger partial charge < -0.3 is 5.73 Å². The normalized spacial score (nSPS) is 20.2. The van der Waals surface area contributed by atoms with Gasteiger partial charge in [-0.05, 0) is 31.5 Å². The minimum absolute atomic E-state index is 0.986. The van der Waals surface area contributed by atoms with E-state index in [1.165, 1.54) is 12.8 Å². The predicted octanol–water partition coefficient (Wildman–Crippen LogP) is 1.08. The monoisotopic (exact) mass is 124 g/mol. The number of rotatable bonds is 1. The van der Waals surface area contributed by atoms with Crippen molar-refractivity contribution in [1.29, 1.82) is 0 Å². The van der Waals surface area contributed by atoms with E-state index in [-0.39, 0.29) is 0 Å². The standard InChI is InChI=1S/C7H12N2/c8-5-4-7-3-1-2-6-9-7/h4-5H,1-3,6,8H2. The maximum Gasteiger partial charge on any atom is 0.0392 e. The van der Waals surface area contributed by atoms with Crippen LogP contribution in [0, 0.1) is 0 Å². The van der Waals surface area contributed by atoms with Crippen molar-refractivity contribution in [2.75, 3.05) is 6.54 Å². The first-order valence-electron chi connectivity index (χ1n) is 3.35. The van der Waals surface area contributed by atoms with E-state index in [2.05, 4.69) is 4.99 Å². The number of hydrogen-bond donors (Lipinski definition) is 1. The lowest BCUT2D eigenvalue weighted by Crippen LogP contribution is -2.03. The summed E-state index contributed by atoms with van der Waals surface area (Å²) < 4.78 is 0. The fourth-order valence-electron chi connectivity index (χ4n) is 0.967. The van der Waals surface area contributed by atoms with Crippen molar-refractivity contribution in [1.82, 2.24) is 0 Å². The van der Waals surface area contributed by atoms with Gasteiger partial charge in [-0.3, -0.25) is 4.99 Å². The highest BCUT2D eigenvalue weighted by Gasteiger charge is 1.99. The summed E-state index contributed by atoms with van der Waals surface area (Å²) in [5.74, 6) is 0. The molecule has 0 saturated heterocycles. The summed E-state index contributed by atoms with van der Waals surface area (Å²) in [5.41, 5.74) is 6.35. The number of nitrogens with two attached hydrogens (primary N) is 1. The summed E-state index contributed by atoms with van der Waals surface area (Å²) in [5, 5.41) is 0. The molecular weight excluding hydrogens is 112 g/mol. The Morgan fingerprint density at radius 1 is 1.44 bits per heavy atom. The van der Waals surface area contributed by atoms with Gasteiger partial charge in [-0.2, -0.15) is 0 Å². The van der Waals surface area contributed by atoms with Crippen LogP contribution in [-0.2, 0) is 0 Å². The van der Waals surface area contributed by atoms with E-state index >= 15 is 0 Å². The van der Waals surface area contributed by atoms with Crippen LogP contribution in [0.3, 0.4) is 0 Å². The zero-order valence-electron chi connectivity index (χ0n) is 5.51. The van der Waals surface area contributed by atoms with Crippen LogP contribution >= 0.6 is 0 Å². The number of allylic oxidation sites excluding steroid dienone is 1. The van der Waals surface area contributed by atoms with Crippen LogP contribution < -0.4 is 5.73 Å². The smallest absolute Gasteiger partial charge is 0.0392 e. The summed E-state index contributed by atoms with van der Waals surface area (Å²) in [4.78, 5) is 4.27. The van der Waals surface area contributed by atoms with E-state index in [1.807, 2.05) is 6.08 Å². The molecule has 0 spiro atoms. The van der Waals surface area contributed by atoms with Crippen LogP contribution in [0.2, 0.25) is 0 Å². The summed E-state index contributed by atoms with van der Waals surface area (Å²) in [6.45, 7) is 0.986. The van der Waals surface area contributed by atoms with Gasteiger partial charge in [0.1, 0.15) is 0 Å². The van der Waals surface area contributed by atoms with Gasteiger partial charge in [0, 0.05) is 12.3 Å². The highest BCUT2D eigenvalue weighted by atomic mass is 14.7. The summed E-state index contributed by atoms with van der Waals surface area (Å²) in [6, 6.07) is 0. The van der Waals surface area contributed by atoms with Gasteiger partial charge >= 0.3 is 0 Å². The second kappa shape index (κ2) is 3.28. The average Bonchev–Trinajstić information content (AvgIpc) is 1.91. The molecule has 9 heavy (non-hydrogen) atoms. The molecule has 2 heteroatoms. The van der Waals surface area contributed by atoms with Gasteiger partial charge in [0.15, 0.2) is 0 Å². The van der Waals surface area contributed by atoms with Gasteiger partial charge in [-0.15, -0.1) is 0 Å². The van der Waals surface area contributed by atoms with Crippen molar-refractivity contribution < 1.29 is 0 Å². The van der Waals surface area contributed by atoms with Crippen LogP contribution in [0.25, 0.3) is 0 Å². The van der Waals surface area contributed by atoms with E-state index in [0.29, 0.717) is 0 Å². The molecule has 0 aliphatic carbocycles. The number of nitrogens with zero attached hydrogens (tertiary/aromatic N) is 1. The first kappa shape index (κ1) is 6.33. The number of hydrogen-bond acceptors (Lipinski definition) is 2. The van der Waals surface area contributed by atoms with E-state index in [9.17, 15) is 0 Å². The minimum Gasteiger partial charge on any atom is -0.405 e. The Kier molecular flexibility index (Phi) is 2.31. The van der Waals surface area contributed by atoms with Crippen molar-refractivity contribution in [3.8, 4) is 0 Å². The Morgan fingerprint density at radius 2 is 2.33 bits per heavy atom. The highest BCUT2D eigenvalue weighted by molar-refractivity contribution is 5.95. The lowest BCUT2D eigenvalue weighted by Gasteiger charge is -2.06. The second-order valence-electron chi connectivity index (χ2n) is 2.19. The molecular formula is C7H12N2. The molecule has 2 N–H and O–H groups in total. The van der Waals surface area contributed by atoms with Crippen LogP contribution in [0.15, 0.2) is 17.3 Å². The van der Waals surface area contributed by atoms with E-state index in [4.69, 9.17) is 5.73 Å². The molecule has 0 saturated carbocycles. The predicted molar refractivity (Wildman–Crippen MR) is 39.5 cm³/mol. The van der Waals surface area contributed by atoms with Crippen molar-refractivity contribution in [2.24, 2.45) is 10.7 Å². The van der Waals surface area contributed by atoms with Crippen LogP contribution in [0.4, 0.5) is 0 Å². The quantitative estimate of drug-likeness (QED) is 0.558. The lowest BCUT2D eigenvalue weighted by atomic mass is 10.1. The first-order valence-corrected chi connectivity index (χ1v) is 3.35. The molecule has 0 unspecified atom stereocenters. The van der Waals surface area contributed by atoms with Crippen LogP contribution in [-0.4, -0.2) is 12.3 Å². The summed E-state index contributed by atoms with van der Waals surface area (Å²) >= 11 is 0. The van der Waals surface area contributed by atoms with E-state index in [1.54, 1.807) is 6.20 Å². The molecule has 0 radical (unpaired) electrons. The molecule has 0 atom stereocenters. The molecule has 1 rings (SSSR count). The molecule has 0 aromatic rings. The fraction of sp³-hybridized carbons (Fsp3) is 0.571. The summed E-state index contributed by atoms with van der Waals surface area (Å²) in [6.07, 6.45) is 7.06. The van der Waals surface area contributed by atoms with Gasteiger partial charge in [0.05, 0.1) is 0 Å². The van der Waals surface area contributed by atoms with Crippen molar-refractivity contribution in [3.05, 3.63) is 12.3 Å². The molecule has 50 valence electrons. The number of aliphatic imine (C=N–C) groups is 1. The van der Waals surface area contributed by atoms with Gasteiger partial charge in [-0.1, -0.05) is 0 Å². The zero-order chi connectivity index (χ0) is 6.53. The van der Waals surface area contributed by atoms with E-state index in [0.717, 1.165) is 18.7 Å². The average molecular weight is 124 g/mol. The summed E-state index contributed by atoms with van der Waals surface area (Å²) in [7, 11) is 0. The molecule has 0 bridgehead atoms. The Morgan fingerprint density at radius 3 is 2.89 bits per heavy atom. The minimum atomic E-state index is 0.986. The third kappa shape index (κ3) is 1.88. The second-order valence-corrected chi connectivity index (χ2v) is 2.19. The highest BCUT2D eigenvalue weighted by Crippen LogP contribution is 2.05. The molecule has 1 heterocycles. The molecule has 0 aromatic heterocycles.